The van der Waals surface area contributed by atoms with Crippen LogP contribution in [0.5, 0.6) is 5.75 Å². The van der Waals surface area contributed by atoms with E-state index in [2.05, 4.69) is 19.9 Å². The van der Waals surface area contributed by atoms with E-state index in [1.165, 1.54) is 10.5 Å². The predicted molar refractivity (Wildman–Crippen MR) is 107 cm³/mol. The smallest absolute Gasteiger partial charge is 0.261 e. The van der Waals surface area contributed by atoms with Crippen molar-refractivity contribution in [3.8, 4) is 5.75 Å². The molecular formula is C23H26N2O3. The summed E-state index contributed by atoms with van der Waals surface area (Å²) in [5.74, 6) is 0.851. The van der Waals surface area contributed by atoms with Crippen molar-refractivity contribution in [2.45, 2.75) is 38.6 Å². The Bertz CT molecular complexity index is 900. The molecule has 0 saturated carbocycles. The second kappa shape index (κ2) is 7.06. The summed E-state index contributed by atoms with van der Waals surface area (Å²) in [6, 6.07) is 13.0. The van der Waals surface area contributed by atoms with E-state index >= 15 is 0 Å². The number of benzene rings is 2. The molecule has 2 aromatic carbocycles. The number of amides is 2. The standard InChI is InChI=1S/C23H26N2O3/c1-15-11-12-18-19(23(15,2)24)9-5-10-20(18)28-14-6-13-25-21(26)16-7-3-4-8-17(16)22(25)27/h3-5,7-10,15H,6,11-14,24H2,1-2H3. The van der Waals surface area contributed by atoms with E-state index in [1.54, 1.807) is 24.3 Å². The first kappa shape index (κ1) is 18.7. The highest BCUT2D eigenvalue weighted by molar-refractivity contribution is 6.21. The van der Waals surface area contributed by atoms with Crippen LogP contribution in [-0.2, 0) is 12.0 Å². The Morgan fingerprint density at radius 2 is 1.79 bits per heavy atom. The molecule has 5 heteroatoms. The van der Waals surface area contributed by atoms with Crippen LogP contribution in [-0.4, -0.2) is 29.9 Å². The number of hydrogen-bond acceptors (Lipinski definition) is 4. The quantitative estimate of drug-likeness (QED) is 0.638. The molecule has 0 aromatic heterocycles. The largest absolute Gasteiger partial charge is 0.493 e. The lowest BCUT2D eigenvalue weighted by molar-refractivity contribution is 0.0646. The number of rotatable bonds is 5. The highest BCUT2D eigenvalue weighted by atomic mass is 16.5. The Balaban J connectivity index is 1.39. The molecule has 2 aliphatic rings. The van der Waals surface area contributed by atoms with Gasteiger partial charge in [-0.3, -0.25) is 14.5 Å². The summed E-state index contributed by atoms with van der Waals surface area (Å²) < 4.78 is 6.04. The second-order valence-corrected chi connectivity index (χ2v) is 8.01. The van der Waals surface area contributed by atoms with Gasteiger partial charge in [0.05, 0.1) is 17.7 Å². The third kappa shape index (κ3) is 3.00. The third-order valence-electron chi connectivity index (χ3n) is 6.23. The maximum Gasteiger partial charge on any atom is 0.261 e. The maximum absolute atomic E-state index is 12.4. The zero-order valence-electron chi connectivity index (χ0n) is 16.4. The number of imide groups is 1. The molecule has 0 spiro atoms. The molecule has 1 heterocycles. The van der Waals surface area contributed by atoms with Crippen LogP contribution in [0.25, 0.3) is 0 Å². The molecule has 0 saturated heterocycles. The van der Waals surface area contributed by atoms with Crippen LogP contribution in [0.1, 0.15) is 58.5 Å². The molecule has 146 valence electrons. The van der Waals surface area contributed by atoms with Gasteiger partial charge in [0.15, 0.2) is 0 Å². The van der Waals surface area contributed by atoms with Crippen LogP contribution in [0.2, 0.25) is 0 Å². The van der Waals surface area contributed by atoms with E-state index in [4.69, 9.17) is 10.5 Å². The summed E-state index contributed by atoms with van der Waals surface area (Å²) in [5, 5.41) is 0. The minimum absolute atomic E-state index is 0.217. The molecule has 2 unspecified atom stereocenters. The minimum atomic E-state index is -0.354. The van der Waals surface area contributed by atoms with E-state index in [-0.39, 0.29) is 17.4 Å². The molecular weight excluding hydrogens is 352 g/mol. The van der Waals surface area contributed by atoms with Gasteiger partial charge in [-0.1, -0.05) is 31.2 Å². The SMILES string of the molecule is CC1CCc2c(OCCCN3C(=O)c4ccccc4C3=O)cccc2C1(C)N. The number of fused-ring (bicyclic) bond motifs is 2. The lowest BCUT2D eigenvalue weighted by atomic mass is 9.71. The molecule has 0 bridgehead atoms. The molecule has 2 atom stereocenters. The topological polar surface area (TPSA) is 72.6 Å². The zero-order chi connectivity index (χ0) is 19.9. The molecule has 0 radical (unpaired) electrons. The lowest BCUT2D eigenvalue weighted by Gasteiger charge is -2.39. The predicted octanol–water partition coefficient (Wildman–Crippen LogP) is 3.51. The Morgan fingerprint density at radius 1 is 1.11 bits per heavy atom. The molecule has 2 N–H and O–H groups in total. The average molecular weight is 378 g/mol. The van der Waals surface area contributed by atoms with Gasteiger partial charge in [-0.15, -0.1) is 0 Å². The van der Waals surface area contributed by atoms with Crippen molar-refractivity contribution < 1.29 is 14.3 Å². The van der Waals surface area contributed by atoms with Crippen LogP contribution >= 0.6 is 0 Å². The van der Waals surface area contributed by atoms with Gasteiger partial charge in [0, 0.05) is 12.1 Å². The molecule has 5 nitrogen and oxygen atoms in total. The van der Waals surface area contributed by atoms with Crippen LogP contribution in [0.4, 0.5) is 0 Å². The fraction of sp³-hybridized carbons (Fsp3) is 0.391. The Kier molecular flexibility index (Phi) is 4.71. The van der Waals surface area contributed by atoms with E-state index in [9.17, 15) is 9.59 Å². The van der Waals surface area contributed by atoms with Crippen molar-refractivity contribution in [1.29, 1.82) is 0 Å². The third-order valence-corrected chi connectivity index (χ3v) is 6.23. The maximum atomic E-state index is 12.4. The first-order valence-corrected chi connectivity index (χ1v) is 9.90. The van der Waals surface area contributed by atoms with E-state index in [0.717, 1.165) is 24.2 Å². The average Bonchev–Trinajstić information content (AvgIpc) is 2.93. The Labute approximate surface area is 165 Å². The van der Waals surface area contributed by atoms with E-state index in [1.807, 2.05) is 12.1 Å². The van der Waals surface area contributed by atoms with Gasteiger partial charge >= 0.3 is 0 Å². The van der Waals surface area contributed by atoms with Gasteiger partial charge < -0.3 is 10.5 Å². The van der Waals surface area contributed by atoms with Gasteiger partial charge in [0.2, 0.25) is 0 Å². The molecule has 1 aliphatic carbocycles. The highest BCUT2D eigenvalue weighted by Crippen LogP contribution is 2.41. The summed E-state index contributed by atoms with van der Waals surface area (Å²) in [6.07, 6.45) is 2.58. The van der Waals surface area contributed by atoms with Crippen molar-refractivity contribution in [1.82, 2.24) is 4.90 Å². The van der Waals surface area contributed by atoms with Gasteiger partial charge in [0.1, 0.15) is 5.75 Å². The Hall–Kier alpha value is -2.66. The molecule has 0 fully saturated rings. The zero-order valence-corrected chi connectivity index (χ0v) is 16.4. The molecule has 2 amide bonds. The molecule has 28 heavy (non-hydrogen) atoms. The molecule has 2 aromatic rings. The molecule has 1 aliphatic heterocycles. The summed E-state index contributed by atoms with van der Waals surface area (Å²) in [6.45, 7) is 5.08. The van der Waals surface area contributed by atoms with Crippen molar-refractivity contribution in [2.75, 3.05) is 13.2 Å². The number of nitrogens with zero attached hydrogens (tertiary/aromatic N) is 1. The lowest BCUT2D eigenvalue weighted by Crippen LogP contribution is -2.43. The van der Waals surface area contributed by atoms with Crippen molar-refractivity contribution in [3.05, 3.63) is 64.7 Å². The van der Waals surface area contributed by atoms with Crippen molar-refractivity contribution >= 4 is 11.8 Å². The number of carbonyl (C=O) groups excluding carboxylic acids is 2. The number of nitrogens with two attached hydrogens (primary N) is 1. The summed E-state index contributed by atoms with van der Waals surface area (Å²) in [4.78, 5) is 26.1. The van der Waals surface area contributed by atoms with E-state index < -0.39 is 0 Å². The van der Waals surface area contributed by atoms with Crippen molar-refractivity contribution in [2.24, 2.45) is 11.7 Å². The summed E-state index contributed by atoms with van der Waals surface area (Å²) >= 11 is 0. The van der Waals surface area contributed by atoms with Crippen LogP contribution < -0.4 is 10.5 Å². The normalized spacial score (nSPS) is 23.5. The fourth-order valence-electron chi connectivity index (χ4n) is 4.24. The first-order chi connectivity index (χ1) is 13.4. The van der Waals surface area contributed by atoms with Crippen LogP contribution in [0.3, 0.4) is 0 Å². The van der Waals surface area contributed by atoms with Crippen LogP contribution in [0, 0.1) is 5.92 Å². The summed E-state index contributed by atoms with van der Waals surface area (Å²) in [5.41, 5.74) is 9.54. The van der Waals surface area contributed by atoms with Gasteiger partial charge in [-0.05, 0) is 61.4 Å². The van der Waals surface area contributed by atoms with Gasteiger partial charge in [0.25, 0.3) is 11.8 Å². The summed E-state index contributed by atoms with van der Waals surface area (Å²) in [7, 11) is 0. The van der Waals surface area contributed by atoms with Gasteiger partial charge in [-0.25, -0.2) is 0 Å². The first-order valence-electron chi connectivity index (χ1n) is 9.90. The number of ether oxygens (including phenoxy) is 1. The molecule has 4 rings (SSSR count). The fourth-order valence-corrected chi connectivity index (χ4v) is 4.24. The number of carbonyl (C=O) groups is 2. The van der Waals surface area contributed by atoms with Gasteiger partial charge in [-0.2, -0.15) is 0 Å². The van der Waals surface area contributed by atoms with Crippen LogP contribution in [0.15, 0.2) is 42.5 Å². The van der Waals surface area contributed by atoms with Crippen molar-refractivity contribution in [3.63, 3.8) is 0 Å². The van der Waals surface area contributed by atoms with E-state index in [0.29, 0.717) is 36.6 Å². The second-order valence-electron chi connectivity index (χ2n) is 8.01. The minimum Gasteiger partial charge on any atom is -0.493 e. The number of hydrogen-bond donors (Lipinski definition) is 1. The Morgan fingerprint density at radius 3 is 2.46 bits per heavy atom. The highest BCUT2D eigenvalue weighted by Gasteiger charge is 2.36. The monoisotopic (exact) mass is 378 g/mol.